The Morgan fingerprint density at radius 2 is 2.25 bits per heavy atom. The van der Waals surface area contributed by atoms with Crippen molar-refractivity contribution in [3.05, 3.63) is 29.8 Å². The smallest absolute Gasteiger partial charge is 0.220 e. The molecule has 4 rings (SSSR count). The van der Waals surface area contributed by atoms with E-state index in [0.717, 1.165) is 57.2 Å². The fourth-order valence-electron chi connectivity index (χ4n) is 4.96. The third-order valence-electron chi connectivity index (χ3n) is 6.73. The number of rotatable bonds is 4. The number of para-hydroxylation sites is 1. The Hall–Kier alpha value is -2.24. The van der Waals surface area contributed by atoms with Crippen molar-refractivity contribution in [2.24, 2.45) is 10.4 Å². The van der Waals surface area contributed by atoms with Crippen LogP contribution in [0.2, 0.25) is 0 Å². The van der Waals surface area contributed by atoms with Gasteiger partial charge in [0, 0.05) is 55.0 Å². The number of methoxy groups -OCH3 is 1. The molecule has 1 aromatic carbocycles. The molecule has 2 aliphatic heterocycles. The van der Waals surface area contributed by atoms with Crippen molar-refractivity contribution >= 4 is 11.9 Å². The van der Waals surface area contributed by atoms with Crippen LogP contribution in [0.25, 0.3) is 0 Å². The van der Waals surface area contributed by atoms with Crippen LogP contribution in [0.15, 0.2) is 29.3 Å². The van der Waals surface area contributed by atoms with E-state index in [1.807, 2.05) is 12.1 Å². The van der Waals surface area contributed by atoms with Crippen molar-refractivity contribution < 1.29 is 9.53 Å². The van der Waals surface area contributed by atoms with Crippen LogP contribution in [0, 0.1) is 5.41 Å². The van der Waals surface area contributed by atoms with E-state index in [1.54, 1.807) is 7.11 Å². The Morgan fingerprint density at radius 3 is 2.96 bits per heavy atom. The largest absolute Gasteiger partial charge is 0.496 e. The third-order valence-corrected chi connectivity index (χ3v) is 6.73. The number of piperidine rings is 1. The number of hydrogen-bond acceptors (Lipinski definition) is 3. The van der Waals surface area contributed by atoms with Gasteiger partial charge in [0.15, 0.2) is 5.96 Å². The molecular weight excluding hydrogens is 352 g/mol. The highest BCUT2D eigenvalue weighted by atomic mass is 16.5. The second kappa shape index (κ2) is 7.30. The first-order chi connectivity index (χ1) is 13.5. The van der Waals surface area contributed by atoms with Crippen molar-refractivity contribution in [1.29, 1.82) is 0 Å². The highest BCUT2D eigenvalue weighted by molar-refractivity contribution is 5.82. The average Bonchev–Trinajstić information content (AvgIpc) is 3.23. The van der Waals surface area contributed by atoms with Crippen LogP contribution >= 0.6 is 0 Å². The number of aliphatic imine (C=N–C) groups is 1. The van der Waals surface area contributed by atoms with Gasteiger partial charge in [-0.15, -0.1) is 0 Å². The molecule has 6 heteroatoms. The Bertz CT molecular complexity index is 780. The number of nitrogens with zero attached hydrogens (tertiary/aromatic N) is 2. The fraction of sp³-hybridized carbons (Fsp3) is 0.636. The van der Waals surface area contributed by atoms with E-state index in [1.165, 1.54) is 5.56 Å². The van der Waals surface area contributed by atoms with Gasteiger partial charge in [0.1, 0.15) is 5.75 Å². The lowest BCUT2D eigenvalue weighted by Crippen LogP contribution is -2.52. The van der Waals surface area contributed by atoms with Crippen LogP contribution in [0.3, 0.4) is 0 Å². The molecule has 3 aliphatic rings. The third kappa shape index (κ3) is 3.45. The molecule has 0 bridgehead atoms. The maximum absolute atomic E-state index is 11.8. The zero-order valence-corrected chi connectivity index (χ0v) is 17.3. The predicted octanol–water partition coefficient (Wildman–Crippen LogP) is 2.29. The highest BCUT2D eigenvalue weighted by Crippen LogP contribution is 2.51. The van der Waals surface area contributed by atoms with E-state index in [2.05, 4.69) is 41.5 Å². The summed E-state index contributed by atoms with van der Waals surface area (Å²) in [6, 6.07) is 8.65. The van der Waals surface area contributed by atoms with Gasteiger partial charge in [-0.2, -0.15) is 0 Å². The van der Waals surface area contributed by atoms with Gasteiger partial charge in [0.25, 0.3) is 0 Å². The molecule has 0 aromatic heterocycles. The number of carbonyl (C=O) groups is 1. The van der Waals surface area contributed by atoms with E-state index in [-0.39, 0.29) is 16.7 Å². The topological polar surface area (TPSA) is 66.0 Å². The van der Waals surface area contributed by atoms with Crippen LogP contribution in [0.4, 0.5) is 0 Å². The normalized spacial score (nSPS) is 32.4. The minimum Gasteiger partial charge on any atom is -0.496 e. The lowest BCUT2D eigenvalue weighted by atomic mass is 9.79. The summed E-state index contributed by atoms with van der Waals surface area (Å²) < 4.78 is 5.60. The number of nitrogens with one attached hydrogen (secondary N) is 2. The number of hydrogen-bond donors (Lipinski definition) is 2. The minimum absolute atomic E-state index is 0.0550. The van der Waals surface area contributed by atoms with Crippen LogP contribution < -0.4 is 15.4 Å². The standard InChI is InChI=1S/C22H32N4O2/c1-4-23-20(26-11-7-10-22(15-26)13-19(27)24-14-22)25-18-12-21(18,2)16-8-5-6-9-17(16)28-3/h5-6,8-9,18H,4,7,10-15H2,1-3H3,(H,23,25)(H,24,27). The SMILES string of the molecule is CCN=C(NC1CC1(C)c1ccccc1OC)N1CCCC2(CNC(=O)C2)C1. The van der Waals surface area contributed by atoms with E-state index in [4.69, 9.17) is 9.73 Å². The number of amides is 1. The van der Waals surface area contributed by atoms with Crippen LogP contribution in [-0.4, -0.2) is 56.1 Å². The summed E-state index contributed by atoms with van der Waals surface area (Å²) in [5, 5.41) is 6.77. The van der Waals surface area contributed by atoms with E-state index in [9.17, 15) is 4.79 Å². The molecule has 1 amide bonds. The van der Waals surface area contributed by atoms with Crippen LogP contribution in [0.1, 0.15) is 45.1 Å². The maximum Gasteiger partial charge on any atom is 0.220 e. The number of benzene rings is 1. The number of likely N-dealkylation sites (tertiary alicyclic amines) is 1. The summed E-state index contributed by atoms with van der Waals surface area (Å²) in [5.74, 6) is 2.13. The lowest BCUT2D eigenvalue weighted by Gasteiger charge is -2.41. The summed E-state index contributed by atoms with van der Waals surface area (Å²) in [6.07, 6.45) is 3.93. The highest BCUT2D eigenvalue weighted by Gasteiger charge is 2.54. The van der Waals surface area contributed by atoms with E-state index in [0.29, 0.717) is 12.5 Å². The van der Waals surface area contributed by atoms with Gasteiger partial charge in [0.05, 0.1) is 7.11 Å². The maximum atomic E-state index is 11.8. The van der Waals surface area contributed by atoms with Gasteiger partial charge in [-0.25, -0.2) is 0 Å². The minimum atomic E-state index is 0.0550. The van der Waals surface area contributed by atoms with E-state index >= 15 is 0 Å². The molecule has 3 atom stereocenters. The summed E-state index contributed by atoms with van der Waals surface area (Å²) >= 11 is 0. The number of carbonyl (C=O) groups excluding carboxylic acids is 1. The number of guanidine groups is 1. The van der Waals surface area contributed by atoms with Gasteiger partial charge in [-0.05, 0) is 32.3 Å². The quantitative estimate of drug-likeness (QED) is 0.618. The molecular formula is C22H32N4O2. The van der Waals surface area contributed by atoms with Crippen molar-refractivity contribution in [1.82, 2.24) is 15.5 Å². The van der Waals surface area contributed by atoms with Crippen LogP contribution in [0.5, 0.6) is 5.75 Å². The molecule has 2 saturated heterocycles. The summed E-state index contributed by atoms with van der Waals surface area (Å²) in [7, 11) is 1.74. The first-order valence-electron chi connectivity index (χ1n) is 10.5. The molecule has 2 N–H and O–H groups in total. The van der Waals surface area contributed by atoms with Gasteiger partial charge >= 0.3 is 0 Å². The zero-order valence-electron chi connectivity index (χ0n) is 17.3. The molecule has 1 aliphatic carbocycles. The molecule has 1 aromatic rings. The molecule has 0 radical (unpaired) electrons. The lowest BCUT2D eigenvalue weighted by molar-refractivity contribution is -0.119. The van der Waals surface area contributed by atoms with Crippen molar-refractivity contribution in [3.8, 4) is 5.75 Å². The molecule has 1 spiro atoms. The molecule has 152 valence electrons. The average molecular weight is 385 g/mol. The van der Waals surface area contributed by atoms with Crippen molar-refractivity contribution in [3.63, 3.8) is 0 Å². The van der Waals surface area contributed by atoms with Crippen LogP contribution in [-0.2, 0) is 10.2 Å². The Morgan fingerprint density at radius 1 is 1.43 bits per heavy atom. The molecule has 28 heavy (non-hydrogen) atoms. The first-order valence-corrected chi connectivity index (χ1v) is 10.5. The Kier molecular flexibility index (Phi) is 4.98. The van der Waals surface area contributed by atoms with Gasteiger partial charge in [0.2, 0.25) is 5.91 Å². The van der Waals surface area contributed by atoms with Crippen molar-refractivity contribution in [2.45, 2.75) is 51.0 Å². The monoisotopic (exact) mass is 384 g/mol. The second-order valence-electron chi connectivity index (χ2n) is 8.80. The predicted molar refractivity (Wildman–Crippen MR) is 111 cm³/mol. The van der Waals surface area contributed by atoms with Gasteiger partial charge in [-0.1, -0.05) is 25.1 Å². The Balaban J connectivity index is 1.48. The molecule has 3 unspecified atom stereocenters. The molecule has 1 saturated carbocycles. The molecule has 2 heterocycles. The summed E-state index contributed by atoms with van der Waals surface area (Å²) in [5.41, 5.74) is 1.38. The van der Waals surface area contributed by atoms with E-state index < -0.39 is 0 Å². The summed E-state index contributed by atoms with van der Waals surface area (Å²) in [6.45, 7) is 7.82. The van der Waals surface area contributed by atoms with Gasteiger partial charge in [-0.3, -0.25) is 9.79 Å². The Labute approximate surface area is 167 Å². The first kappa shape index (κ1) is 19.1. The summed E-state index contributed by atoms with van der Waals surface area (Å²) in [4.78, 5) is 19.0. The zero-order chi connectivity index (χ0) is 19.8. The molecule has 3 fully saturated rings. The molecule has 6 nitrogen and oxygen atoms in total. The second-order valence-corrected chi connectivity index (χ2v) is 8.80. The fourth-order valence-corrected chi connectivity index (χ4v) is 4.96. The number of ether oxygens (including phenoxy) is 1. The van der Waals surface area contributed by atoms with Crippen molar-refractivity contribution in [2.75, 3.05) is 33.3 Å². The van der Waals surface area contributed by atoms with Gasteiger partial charge < -0.3 is 20.3 Å².